The first-order valence-corrected chi connectivity index (χ1v) is 5.62. The van der Waals surface area contributed by atoms with Gasteiger partial charge in [-0.25, -0.2) is 9.97 Å². The molecule has 0 saturated heterocycles. The van der Waals surface area contributed by atoms with Gasteiger partial charge in [0.2, 0.25) is 5.91 Å². The van der Waals surface area contributed by atoms with Crippen molar-refractivity contribution in [1.82, 2.24) is 15.3 Å². The van der Waals surface area contributed by atoms with Gasteiger partial charge in [-0.2, -0.15) is 5.26 Å². The standard InChI is InChI=1S/C12H17N5O/c1-8(11(18)17-12(2,3)4)16-10-7-14-9(5-13)6-15-10/h6-8H,1-4H3,(H,15,16)(H,17,18). The van der Waals surface area contributed by atoms with Gasteiger partial charge in [-0.15, -0.1) is 0 Å². The van der Waals surface area contributed by atoms with Gasteiger partial charge in [-0.1, -0.05) is 0 Å². The van der Waals surface area contributed by atoms with Gasteiger partial charge in [0.15, 0.2) is 5.69 Å². The van der Waals surface area contributed by atoms with Crippen LogP contribution < -0.4 is 10.6 Å². The van der Waals surface area contributed by atoms with Crippen LogP contribution in [0, 0.1) is 11.3 Å². The topological polar surface area (TPSA) is 90.7 Å². The number of nitrogens with one attached hydrogen (secondary N) is 2. The van der Waals surface area contributed by atoms with Crippen molar-refractivity contribution < 1.29 is 4.79 Å². The molecule has 6 heteroatoms. The van der Waals surface area contributed by atoms with Crippen molar-refractivity contribution in [3.05, 3.63) is 18.1 Å². The number of hydrogen-bond acceptors (Lipinski definition) is 5. The third-order valence-corrected chi connectivity index (χ3v) is 2.02. The Morgan fingerprint density at radius 3 is 2.50 bits per heavy atom. The van der Waals surface area contributed by atoms with Gasteiger partial charge in [0.1, 0.15) is 17.9 Å². The third kappa shape index (κ3) is 4.37. The fraction of sp³-hybridized carbons (Fsp3) is 0.500. The molecular formula is C12H17N5O. The Labute approximate surface area is 106 Å². The molecule has 1 heterocycles. The molecule has 0 aromatic carbocycles. The van der Waals surface area contributed by atoms with E-state index in [4.69, 9.17) is 5.26 Å². The molecule has 18 heavy (non-hydrogen) atoms. The maximum Gasteiger partial charge on any atom is 0.242 e. The van der Waals surface area contributed by atoms with Crippen molar-refractivity contribution in [3.63, 3.8) is 0 Å². The number of amides is 1. The number of rotatable bonds is 3. The molecule has 0 fully saturated rings. The van der Waals surface area contributed by atoms with Gasteiger partial charge < -0.3 is 10.6 Å². The van der Waals surface area contributed by atoms with Crippen LogP contribution in [0.3, 0.4) is 0 Å². The van der Waals surface area contributed by atoms with E-state index < -0.39 is 6.04 Å². The Kier molecular flexibility index (Phi) is 4.21. The van der Waals surface area contributed by atoms with Crippen molar-refractivity contribution >= 4 is 11.7 Å². The van der Waals surface area contributed by atoms with Crippen molar-refractivity contribution in [2.75, 3.05) is 5.32 Å². The molecule has 1 atom stereocenters. The predicted molar refractivity (Wildman–Crippen MR) is 67.7 cm³/mol. The molecule has 0 aliphatic heterocycles. The zero-order chi connectivity index (χ0) is 13.8. The molecule has 1 aromatic rings. The van der Waals surface area contributed by atoms with Crippen molar-refractivity contribution in [2.24, 2.45) is 0 Å². The minimum atomic E-state index is -0.425. The van der Waals surface area contributed by atoms with Crippen LogP contribution in [0.1, 0.15) is 33.4 Å². The van der Waals surface area contributed by atoms with Crippen molar-refractivity contribution in [3.8, 4) is 6.07 Å². The Balaban J connectivity index is 2.61. The first-order chi connectivity index (χ1) is 8.31. The average molecular weight is 247 g/mol. The lowest BCUT2D eigenvalue weighted by Crippen LogP contribution is -2.47. The second-order valence-corrected chi connectivity index (χ2v) is 5.00. The Bertz CT molecular complexity index is 455. The molecule has 0 radical (unpaired) electrons. The Morgan fingerprint density at radius 2 is 2.06 bits per heavy atom. The molecule has 0 bridgehead atoms. The molecule has 6 nitrogen and oxygen atoms in total. The Hall–Kier alpha value is -2.16. The highest BCUT2D eigenvalue weighted by atomic mass is 16.2. The van der Waals surface area contributed by atoms with Crippen LogP contribution in [-0.4, -0.2) is 27.5 Å². The highest BCUT2D eigenvalue weighted by Crippen LogP contribution is 2.05. The zero-order valence-electron chi connectivity index (χ0n) is 11.0. The van der Waals surface area contributed by atoms with Gasteiger partial charge in [0.05, 0.1) is 12.4 Å². The van der Waals surface area contributed by atoms with Gasteiger partial charge in [0, 0.05) is 5.54 Å². The maximum atomic E-state index is 11.8. The van der Waals surface area contributed by atoms with E-state index >= 15 is 0 Å². The molecule has 0 aliphatic carbocycles. The quantitative estimate of drug-likeness (QED) is 0.833. The SMILES string of the molecule is CC(Nc1cnc(C#N)cn1)C(=O)NC(C)(C)C. The zero-order valence-corrected chi connectivity index (χ0v) is 11.0. The molecule has 1 aromatic heterocycles. The van der Waals surface area contributed by atoms with Crippen molar-refractivity contribution in [2.45, 2.75) is 39.3 Å². The van der Waals surface area contributed by atoms with Crippen LogP contribution in [0.15, 0.2) is 12.4 Å². The van der Waals surface area contributed by atoms with E-state index in [1.807, 2.05) is 26.8 Å². The molecule has 0 aliphatic rings. The number of hydrogen-bond donors (Lipinski definition) is 2. The van der Waals surface area contributed by atoms with Gasteiger partial charge in [0.25, 0.3) is 0 Å². The molecule has 2 N–H and O–H groups in total. The van der Waals surface area contributed by atoms with Crippen LogP contribution in [0.4, 0.5) is 5.82 Å². The number of anilines is 1. The predicted octanol–water partition coefficient (Wildman–Crippen LogP) is 1.06. The number of carbonyl (C=O) groups is 1. The van der Waals surface area contributed by atoms with Crippen LogP contribution in [0.25, 0.3) is 0 Å². The van der Waals surface area contributed by atoms with E-state index in [2.05, 4.69) is 20.6 Å². The monoisotopic (exact) mass is 247 g/mol. The largest absolute Gasteiger partial charge is 0.357 e. The molecule has 0 spiro atoms. The van der Waals surface area contributed by atoms with E-state index in [0.29, 0.717) is 5.82 Å². The summed E-state index contributed by atoms with van der Waals surface area (Å²) in [4.78, 5) is 19.7. The van der Waals surface area contributed by atoms with E-state index in [-0.39, 0.29) is 17.1 Å². The summed E-state index contributed by atoms with van der Waals surface area (Å²) in [7, 11) is 0. The molecule has 0 saturated carbocycles. The summed E-state index contributed by atoms with van der Waals surface area (Å²) in [5, 5.41) is 14.4. The summed E-state index contributed by atoms with van der Waals surface area (Å²) in [6.07, 6.45) is 2.79. The Morgan fingerprint density at radius 1 is 1.39 bits per heavy atom. The molecule has 96 valence electrons. The summed E-state index contributed by atoms with van der Waals surface area (Å²) in [6.45, 7) is 7.48. The number of nitriles is 1. The highest BCUT2D eigenvalue weighted by Gasteiger charge is 2.19. The first-order valence-electron chi connectivity index (χ1n) is 5.62. The lowest BCUT2D eigenvalue weighted by molar-refractivity contribution is -0.122. The van der Waals surface area contributed by atoms with Crippen molar-refractivity contribution in [1.29, 1.82) is 5.26 Å². The first kappa shape index (κ1) is 13.9. The number of carbonyl (C=O) groups excluding carboxylic acids is 1. The highest BCUT2D eigenvalue weighted by molar-refractivity contribution is 5.84. The van der Waals surface area contributed by atoms with Crippen LogP contribution >= 0.6 is 0 Å². The minimum absolute atomic E-state index is 0.117. The normalized spacial score (nSPS) is 12.4. The minimum Gasteiger partial charge on any atom is -0.357 e. The molecule has 1 amide bonds. The van der Waals surface area contributed by atoms with Gasteiger partial charge in [-0.05, 0) is 27.7 Å². The third-order valence-electron chi connectivity index (χ3n) is 2.02. The van der Waals surface area contributed by atoms with Gasteiger partial charge in [-0.3, -0.25) is 4.79 Å². The second kappa shape index (κ2) is 5.45. The molecule has 1 rings (SSSR count). The summed E-state index contributed by atoms with van der Waals surface area (Å²) in [5.41, 5.74) is -0.0315. The summed E-state index contributed by atoms with van der Waals surface area (Å²) < 4.78 is 0. The molecular weight excluding hydrogens is 230 g/mol. The lowest BCUT2D eigenvalue weighted by atomic mass is 10.1. The summed E-state index contributed by atoms with van der Waals surface area (Å²) in [5.74, 6) is 0.346. The van der Waals surface area contributed by atoms with E-state index in [9.17, 15) is 4.79 Å². The van der Waals surface area contributed by atoms with E-state index in [1.54, 1.807) is 6.92 Å². The van der Waals surface area contributed by atoms with E-state index in [0.717, 1.165) is 0 Å². The summed E-state index contributed by atoms with van der Waals surface area (Å²) >= 11 is 0. The van der Waals surface area contributed by atoms with Crippen LogP contribution in [0.2, 0.25) is 0 Å². The number of nitrogens with zero attached hydrogens (tertiary/aromatic N) is 3. The summed E-state index contributed by atoms with van der Waals surface area (Å²) in [6, 6.07) is 1.46. The fourth-order valence-corrected chi connectivity index (χ4v) is 1.23. The van der Waals surface area contributed by atoms with E-state index in [1.165, 1.54) is 12.4 Å². The fourth-order valence-electron chi connectivity index (χ4n) is 1.23. The number of aromatic nitrogens is 2. The smallest absolute Gasteiger partial charge is 0.242 e. The van der Waals surface area contributed by atoms with Crippen LogP contribution in [0.5, 0.6) is 0 Å². The average Bonchev–Trinajstić information content (AvgIpc) is 2.27. The second-order valence-electron chi connectivity index (χ2n) is 5.00. The van der Waals surface area contributed by atoms with Crippen LogP contribution in [-0.2, 0) is 4.79 Å². The lowest BCUT2D eigenvalue weighted by Gasteiger charge is -2.23. The van der Waals surface area contributed by atoms with Gasteiger partial charge >= 0.3 is 0 Å². The maximum absolute atomic E-state index is 11.8. The molecule has 1 unspecified atom stereocenters.